The van der Waals surface area contributed by atoms with Crippen molar-refractivity contribution >= 4 is 33.2 Å². The number of nitrogen functional groups attached to an aromatic ring is 2. The molecular formula is C30H23N3. The van der Waals surface area contributed by atoms with Crippen molar-refractivity contribution in [3.05, 3.63) is 115 Å². The van der Waals surface area contributed by atoms with E-state index in [-0.39, 0.29) is 0 Å². The van der Waals surface area contributed by atoms with Crippen LogP contribution < -0.4 is 11.5 Å². The summed E-state index contributed by atoms with van der Waals surface area (Å²) in [5.74, 6) is 0. The minimum atomic E-state index is 0.692. The predicted molar refractivity (Wildman–Crippen MR) is 140 cm³/mol. The van der Waals surface area contributed by atoms with Gasteiger partial charge in [0, 0.05) is 33.4 Å². The zero-order valence-electron chi connectivity index (χ0n) is 18.1. The van der Waals surface area contributed by atoms with E-state index in [1.54, 1.807) is 0 Å². The van der Waals surface area contributed by atoms with Crippen LogP contribution in [0.3, 0.4) is 0 Å². The number of rotatable bonds is 3. The average molecular weight is 426 g/mol. The molecule has 0 unspecified atom stereocenters. The molecule has 3 nitrogen and oxygen atoms in total. The topological polar surface area (TPSA) is 57.0 Å². The second-order valence-corrected chi connectivity index (χ2v) is 8.31. The highest BCUT2D eigenvalue weighted by molar-refractivity contribution is 6.10. The number of nitrogens with two attached hydrogens (primary N) is 2. The molecule has 1 heterocycles. The Labute approximate surface area is 192 Å². The average Bonchev–Trinajstić information content (AvgIpc) is 3.19. The van der Waals surface area contributed by atoms with E-state index in [9.17, 15) is 0 Å². The normalized spacial score (nSPS) is 11.3. The van der Waals surface area contributed by atoms with Gasteiger partial charge in [-0.15, -0.1) is 0 Å². The zero-order valence-corrected chi connectivity index (χ0v) is 18.1. The largest absolute Gasteiger partial charge is 0.398 e. The number of anilines is 2. The molecule has 6 aromatic rings. The highest BCUT2D eigenvalue weighted by Crippen LogP contribution is 2.36. The fraction of sp³-hybridized carbons (Fsp3) is 0. The van der Waals surface area contributed by atoms with E-state index in [1.165, 1.54) is 33.1 Å². The molecule has 0 spiro atoms. The quantitative estimate of drug-likeness (QED) is 0.293. The van der Waals surface area contributed by atoms with Crippen molar-refractivity contribution in [2.45, 2.75) is 0 Å². The number of fused-ring (bicyclic) bond motifs is 3. The third-order valence-electron chi connectivity index (χ3n) is 6.32. The molecule has 1 aromatic heterocycles. The third kappa shape index (κ3) is 3.14. The van der Waals surface area contributed by atoms with E-state index >= 15 is 0 Å². The molecule has 0 bridgehead atoms. The minimum Gasteiger partial charge on any atom is -0.398 e. The fourth-order valence-corrected chi connectivity index (χ4v) is 4.76. The first kappa shape index (κ1) is 19.2. The summed E-state index contributed by atoms with van der Waals surface area (Å²) in [6.45, 7) is 0. The van der Waals surface area contributed by atoms with Gasteiger partial charge >= 0.3 is 0 Å². The minimum absolute atomic E-state index is 0.692. The molecule has 0 amide bonds. The SMILES string of the molecule is Nc1cccc(N)c1-c1ccc(-c2ccc3c(c2)c2ccccc2n3-c2ccccc2)cc1. The van der Waals surface area contributed by atoms with E-state index in [4.69, 9.17) is 11.5 Å². The molecular weight excluding hydrogens is 402 g/mol. The molecule has 158 valence electrons. The number of hydrogen-bond donors (Lipinski definition) is 2. The van der Waals surface area contributed by atoms with Crippen LogP contribution in [0.1, 0.15) is 0 Å². The number of aromatic nitrogens is 1. The molecule has 0 fully saturated rings. The molecule has 6 rings (SSSR count). The third-order valence-corrected chi connectivity index (χ3v) is 6.32. The van der Waals surface area contributed by atoms with Gasteiger partial charge in [-0.2, -0.15) is 0 Å². The summed E-state index contributed by atoms with van der Waals surface area (Å²) < 4.78 is 2.33. The maximum atomic E-state index is 6.19. The van der Waals surface area contributed by atoms with Crippen LogP contribution in [0.25, 0.3) is 49.7 Å². The standard InChI is InChI=1S/C30H23N3/c31-26-10-6-11-27(32)30(26)21-15-13-20(14-16-21)22-17-18-29-25(19-22)24-9-4-5-12-28(24)33(29)23-7-2-1-3-8-23/h1-19H,31-32H2. The van der Waals surface area contributed by atoms with Crippen LogP contribution >= 0.6 is 0 Å². The summed E-state index contributed by atoms with van der Waals surface area (Å²) >= 11 is 0. The van der Waals surface area contributed by atoms with Crippen molar-refractivity contribution in [1.82, 2.24) is 4.57 Å². The van der Waals surface area contributed by atoms with Gasteiger partial charge in [0.25, 0.3) is 0 Å². The Morgan fingerprint density at radius 3 is 1.82 bits per heavy atom. The Bertz CT molecular complexity index is 1590. The van der Waals surface area contributed by atoms with E-state index < -0.39 is 0 Å². The summed E-state index contributed by atoms with van der Waals surface area (Å²) in [6.07, 6.45) is 0. The molecule has 0 saturated heterocycles. The maximum Gasteiger partial charge on any atom is 0.0541 e. The molecule has 5 aromatic carbocycles. The van der Waals surface area contributed by atoms with Gasteiger partial charge in [-0.25, -0.2) is 0 Å². The number of benzene rings is 5. The summed E-state index contributed by atoms with van der Waals surface area (Å²) in [5, 5.41) is 2.49. The van der Waals surface area contributed by atoms with Crippen molar-refractivity contribution in [1.29, 1.82) is 0 Å². The summed E-state index contributed by atoms with van der Waals surface area (Å²) in [4.78, 5) is 0. The monoisotopic (exact) mass is 425 g/mol. The lowest BCUT2D eigenvalue weighted by Gasteiger charge is -2.11. The molecule has 33 heavy (non-hydrogen) atoms. The lowest BCUT2D eigenvalue weighted by Crippen LogP contribution is -1.95. The molecule has 3 heteroatoms. The van der Waals surface area contributed by atoms with Crippen LogP contribution in [0.2, 0.25) is 0 Å². The molecule has 0 saturated carbocycles. The summed E-state index contributed by atoms with van der Waals surface area (Å²) in [5.41, 5.74) is 21.6. The summed E-state index contributed by atoms with van der Waals surface area (Å²) in [7, 11) is 0. The molecule has 4 N–H and O–H groups in total. The Balaban J connectivity index is 1.49. The van der Waals surface area contributed by atoms with Gasteiger partial charge in [0.05, 0.1) is 11.0 Å². The lowest BCUT2D eigenvalue weighted by molar-refractivity contribution is 1.18. The van der Waals surface area contributed by atoms with E-state index in [1.807, 2.05) is 18.2 Å². The zero-order chi connectivity index (χ0) is 22.4. The van der Waals surface area contributed by atoms with Gasteiger partial charge in [0.15, 0.2) is 0 Å². The molecule has 0 atom stereocenters. The van der Waals surface area contributed by atoms with Gasteiger partial charge in [-0.3, -0.25) is 0 Å². The van der Waals surface area contributed by atoms with Crippen molar-refractivity contribution in [2.24, 2.45) is 0 Å². The van der Waals surface area contributed by atoms with Gasteiger partial charge in [-0.05, 0) is 59.2 Å². The summed E-state index contributed by atoms with van der Waals surface area (Å²) in [6, 6.07) is 39.9. The molecule has 0 aliphatic heterocycles. The van der Waals surface area contributed by atoms with Crippen LogP contribution in [-0.4, -0.2) is 4.57 Å². The Morgan fingerprint density at radius 1 is 0.455 bits per heavy atom. The van der Waals surface area contributed by atoms with E-state index in [0.29, 0.717) is 11.4 Å². The highest BCUT2D eigenvalue weighted by atomic mass is 15.0. The van der Waals surface area contributed by atoms with Crippen LogP contribution in [0, 0.1) is 0 Å². The second kappa shape index (κ2) is 7.57. The number of para-hydroxylation sites is 2. The predicted octanol–water partition coefficient (Wildman–Crippen LogP) is 7.28. The van der Waals surface area contributed by atoms with Crippen LogP contribution in [0.4, 0.5) is 11.4 Å². The molecule has 0 aliphatic rings. The van der Waals surface area contributed by atoms with Crippen molar-refractivity contribution in [3.8, 4) is 27.9 Å². The number of hydrogen-bond acceptors (Lipinski definition) is 2. The Morgan fingerprint density at radius 2 is 1.06 bits per heavy atom. The highest BCUT2D eigenvalue weighted by Gasteiger charge is 2.13. The number of nitrogens with zero attached hydrogens (tertiary/aromatic N) is 1. The first-order valence-electron chi connectivity index (χ1n) is 11.0. The fourth-order valence-electron chi connectivity index (χ4n) is 4.76. The van der Waals surface area contributed by atoms with Gasteiger partial charge in [0.2, 0.25) is 0 Å². The van der Waals surface area contributed by atoms with Gasteiger partial charge in [0.1, 0.15) is 0 Å². The van der Waals surface area contributed by atoms with E-state index in [2.05, 4.69) is 102 Å². The van der Waals surface area contributed by atoms with Gasteiger partial charge in [-0.1, -0.05) is 72.8 Å². The van der Waals surface area contributed by atoms with Crippen LogP contribution in [0.15, 0.2) is 115 Å². The maximum absolute atomic E-state index is 6.19. The lowest BCUT2D eigenvalue weighted by atomic mass is 9.97. The van der Waals surface area contributed by atoms with Crippen LogP contribution in [-0.2, 0) is 0 Å². The first-order chi connectivity index (χ1) is 16.2. The van der Waals surface area contributed by atoms with E-state index in [0.717, 1.165) is 16.7 Å². The Kier molecular flexibility index (Phi) is 4.41. The van der Waals surface area contributed by atoms with Gasteiger partial charge < -0.3 is 16.0 Å². The first-order valence-corrected chi connectivity index (χ1v) is 11.0. The van der Waals surface area contributed by atoms with Crippen molar-refractivity contribution < 1.29 is 0 Å². The van der Waals surface area contributed by atoms with Crippen molar-refractivity contribution in [2.75, 3.05) is 11.5 Å². The molecule has 0 aliphatic carbocycles. The molecule has 0 radical (unpaired) electrons. The Hall–Kier alpha value is -4.50. The van der Waals surface area contributed by atoms with Crippen molar-refractivity contribution in [3.63, 3.8) is 0 Å². The smallest absolute Gasteiger partial charge is 0.0541 e. The van der Waals surface area contributed by atoms with Crippen LogP contribution in [0.5, 0.6) is 0 Å². The second-order valence-electron chi connectivity index (χ2n) is 8.31.